The van der Waals surface area contributed by atoms with Gasteiger partial charge in [-0.15, -0.1) is 5.10 Å². The predicted molar refractivity (Wildman–Crippen MR) is 50.6 cm³/mol. The second kappa shape index (κ2) is 2.34. The molecule has 0 spiro atoms. The molecule has 0 amide bonds. The number of aromatic nitrogens is 2. The van der Waals surface area contributed by atoms with Gasteiger partial charge in [0.2, 0.25) is 0 Å². The predicted octanol–water partition coefficient (Wildman–Crippen LogP) is 0.756. The molecule has 2 bridgehead atoms. The molecule has 1 aromatic heterocycles. The van der Waals surface area contributed by atoms with Gasteiger partial charge in [-0.2, -0.15) is 5.10 Å². The molecule has 0 saturated carbocycles. The van der Waals surface area contributed by atoms with Crippen molar-refractivity contribution in [2.24, 2.45) is 0 Å². The van der Waals surface area contributed by atoms with Crippen LogP contribution in [0.1, 0.15) is 24.5 Å². The second-order valence-electron chi connectivity index (χ2n) is 3.80. The number of rotatable bonds is 0. The van der Waals surface area contributed by atoms with Gasteiger partial charge < -0.3 is 10.6 Å². The van der Waals surface area contributed by atoms with E-state index in [1.807, 2.05) is 6.07 Å². The Balaban J connectivity index is 2.18. The van der Waals surface area contributed by atoms with Crippen LogP contribution in [0.15, 0.2) is 6.07 Å². The smallest absolute Gasteiger partial charge is 0.148 e. The van der Waals surface area contributed by atoms with Crippen molar-refractivity contribution < 1.29 is 0 Å². The highest BCUT2D eigenvalue weighted by atomic mass is 15.2. The molecular formula is C9H12N4. The van der Waals surface area contributed by atoms with Crippen molar-refractivity contribution >= 4 is 11.5 Å². The average molecular weight is 176 g/mol. The Hall–Kier alpha value is -1.32. The van der Waals surface area contributed by atoms with Gasteiger partial charge in [0, 0.05) is 25.1 Å². The maximum Gasteiger partial charge on any atom is 0.148 e. The highest BCUT2D eigenvalue weighted by Gasteiger charge is 2.32. The van der Waals surface area contributed by atoms with Crippen molar-refractivity contribution in [1.29, 1.82) is 0 Å². The molecule has 1 aromatic rings. The molecule has 4 rings (SSSR count). The van der Waals surface area contributed by atoms with Gasteiger partial charge in [0.05, 0.1) is 11.4 Å². The molecule has 0 radical (unpaired) electrons. The molecule has 13 heavy (non-hydrogen) atoms. The number of anilines is 2. The van der Waals surface area contributed by atoms with E-state index in [0.29, 0.717) is 11.7 Å². The third-order valence-electron chi connectivity index (χ3n) is 3.04. The third kappa shape index (κ3) is 0.913. The molecule has 2 N–H and O–H groups in total. The number of piperidine rings is 1. The van der Waals surface area contributed by atoms with Crippen LogP contribution in [0.5, 0.6) is 0 Å². The van der Waals surface area contributed by atoms with Gasteiger partial charge in [0.25, 0.3) is 0 Å². The van der Waals surface area contributed by atoms with Crippen LogP contribution in [0.3, 0.4) is 0 Å². The van der Waals surface area contributed by atoms with E-state index in [-0.39, 0.29) is 0 Å². The first-order valence-corrected chi connectivity index (χ1v) is 4.72. The number of fused-ring (bicyclic) bond motifs is 2. The zero-order valence-electron chi connectivity index (χ0n) is 7.40. The minimum Gasteiger partial charge on any atom is -0.382 e. The first-order valence-electron chi connectivity index (χ1n) is 4.72. The zero-order chi connectivity index (χ0) is 8.84. The Labute approximate surface area is 76.8 Å². The van der Waals surface area contributed by atoms with Gasteiger partial charge in [-0.3, -0.25) is 0 Å². The van der Waals surface area contributed by atoms with Crippen molar-refractivity contribution in [1.82, 2.24) is 10.2 Å². The Morgan fingerprint density at radius 1 is 1.31 bits per heavy atom. The molecule has 0 aromatic carbocycles. The number of nitrogen functional groups attached to an aromatic ring is 1. The molecule has 1 saturated heterocycles. The number of hydrogen-bond acceptors (Lipinski definition) is 4. The van der Waals surface area contributed by atoms with Crippen LogP contribution in [0, 0.1) is 0 Å². The van der Waals surface area contributed by atoms with E-state index in [4.69, 9.17) is 5.73 Å². The molecule has 3 aliphatic heterocycles. The summed E-state index contributed by atoms with van der Waals surface area (Å²) < 4.78 is 0. The third-order valence-corrected chi connectivity index (χ3v) is 3.04. The molecule has 4 heteroatoms. The minimum absolute atomic E-state index is 0.534. The Bertz CT molecular complexity index is 341. The summed E-state index contributed by atoms with van der Waals surface area (Å²) in [4.78, 5) is 2.36. The van der Waals surface area contributed by atoms with E-state index in [1.54, 1.807) is 0 Å². The van der Waals surface area contributed by atoms with Gasteiger partial charge >= 0.3 is 0 Å². The lowest BCUT2D eigenvalue weighted by Crippen LogP contribution is -2.39. The lowest BCUT2D eigenvalue weighted by Gasteiger charge is -2.40. The second-order valence-corrected chi connectivity index (χ2v) is 3.80. The van der Waals surface area contributed by atoms with E-state index in [9.17, 15) is 0 Å². The average Bonchev–Trinajstić information content (AvgIpc) is 2.19. The van der Waals surface area contributed by atoms with E-state index in [0.717, 1.165) is 18.8 Å². The summed E-state index contributed by atoms with van der Waals surface area (Å²) in [6.07, 6.45) is 2.46. The van der Waals surface area contributed by atoms with Crippen LogP contribution in [-0.4, -0.2) is 23.3 Å². The van der Waals surface area contributed by atoms with Crippen molar-refractivity contribution in [3.8, 4) is 0 Å². The standard InChI is InChI=1S/C9H12N4/c10-8-5-7-9(12-11-8)6-1-3-13(7)4-2-6/h5-6H,1-4H2,(H2,10,11). The van der Waals surface area contributed by atoms with Crippen LogP contribution >= 0.6 is 0 Å². The van der Waals surface area contributed by atoms with Crippen LogP contribution < -0.4 is 10.6 Å². The van der Waals surface area contributed by atoms with Gasteiger partial charge in [0.15, 0.2) is 0 Å². The monoisotopic (exact) mass is 176 g/mol. The Kier molecular flexibility index (Phi) is 1.28. The maximum absolute atomic E-state index is 5.61. The SMILES string of the molecule is Nc1cc2c(nn1)C1CCN2CC1. The zero-order valence-corrected chi connectivity index (χ0v) is 7.40. The van der Waals surface area contributed by atoms with Crippen molar-refractivity contribution in [2.45, 2.75) is 18.8 Å². The van der Waals surface area contributed by atoms with Crippen LogP contribution in [0.4, 0.5) is 11.5 Å². The van der Waals surface area contributed by atoms with Gasteiger partial charge in [0.1, 0.15) is 5.82 Å². The molecule has 0 atom stereocenters. The first-order chi connectivity index (χ1) is 6.34. The molecule has 0 unspecified atom stereocenters. The van der Waals surface area contributed by atoms with E-state index >= 15 is 0 Å². The number of nitrogens with zero attached hydrogens (tertiary/aromatic N) is 3. The molecule has 4 heterocycles. The molecule has 68 valence electrons. The number of hydrogen-bond donors (Lipinski definition) is 1. The highest BCUT2D eigenvalue weighted by molar-refractivity contribution is 5.59. The fourth-order valence-electron chi connectivity index (χ4n) is 2.34. The summed E-state index contributed by atoms with van der Waals surface area (Å²) >= 11 is 0. The van der Waals surface area contributed by atoms with Gasteiger partial charge in [-0.25, -0.2) is 0 Å². The fourth-order valence-corrected chi connectivity index (χ4v) is 2.34. The van der Waals surface area contributed by atoms with Crippen molar-refractivity contribution in [3.05, 3.63) is 11.8 Å². The van der Waals surface area contributed by atoms with Crippen molar-refractivity contribution in [3.63, 3.8) is 0 Å². The number of nitrogens with two attached hydrogens (primary N) is 1. The van der Waals surface area contributed by atoms with Gasteiger partial charge in [-0.05, 0) is 12.8 Å². The van der Waals surface area contributed by atoms with E-state index < -0.39 is 0 Å². The topological polar surface area (TPSA) is 55.0 Å². The summed E-state index contributed by atoms with van der Waals surface area (Å²) in [5, 5.41) is 8.10. The summed E-state index contributed by atoms with van der Waals surface area (Å²) in [5.74, 6) is 1.17. The Morgan fingerprint density at radius 3 is 2.85 bits per heavy atom. The summed E-state index contributed by atoms with van der Waals surface area (Å²) in [5.41, 5.74) is 7.99. The fraction of sp³-hybridized carbons (Fsp3) is 0.556. The van der Waals surface area contributed by atoms with Crippen LogP contribution in [0.25, 0.3) is 0 Å². The van der Waals surface area contributed by atoms with Crippen molar-refractivity contribution in [2.75, 3.05) is 23.7 Å². The minimum atomic E-state index is 0.534. The summed E-state index contributed by atoms with van der Waals surface area (Å²) in [6, 6.07) is 1.95. The highest BCUT2D eigenvalue weighted by Crippen LogP contribution is 2.40. The lowest BCUT2D eigenvalue weighted by atomic mass is 9.87. The largest absolute Gasteiger partial charge is 0.382 e. The van der Waals surface area contributed by atoms with E-state index in [1.165, 1.54) is 18.5 Å². The first kappa shape index (κ1) is 7.12. The van der Waals surface area contributed by atoms with Gasteiger partial charge in [-0.1, -0.05) is 0 Å². The van der Waals surface area contributed by atoms with E-state index in [2.05, 4.69) is 15.1 Å². The molecular weight excluding hydrogens is 164 g/mol. The normalized spacial score (nSPS) is 20.5. The molecule has 1 fully saturated rings. The lowest BCUT2D eigenvalue weighted by molar-refractivity contribution is 0.459. The maximum atomic E-state index is 5.61. The van der Waals surface area contributed by atoms with Crippen LogP contribution in [0.2, 0.25) is 0 Å². The Morgan fingerprint density at radius 2 is 2.08 bits per heavy atom. The molecule has 4 nitrogen and oxygen atoms in total. The quantitative estimate of drug-likeness (QED) is 0.634. The summed E-state index contributed by atoms with van der Waals surface area (Å²) in [6.45, 7) is 2.31. The summed E-state index contributed by atoms with van der Waals surface area (Å²) in [7, 11) is 0. The molecule has 3 aliphatic rings. The molecule has 0 aliphatic carbocycles. The van der Waals surface area contributed by atoms with Crippen LogP contribution in [-0.2, 0) is 0 Å².